The van der Waals surface area contributed by atoms with Gasteiger partial charge in [-0.25, -0.2) is 4.79 Å². The maximum Gasteiger partial charge on any atom is 0.335 e. The minimum atomic E-state index is -0.864. The lowest BCUT2D eigenvalue weighted by Gasteiger charge is -2.20. The topological polar surface area (TPSA) is 52.6 Å². The molecule has 1 aliphatic rings. The van der Waals surface area contributed by atoms with E-state index in [0.29, 0.717) is 17.5 Å². The molecule has 1 aromatic carbocycles. The average molecular weight is 276 g/mol. The monoisotopic (exact) mass is 276 g/mol. The fourth-order valence-corrected chi connectivity index (χ4v) is 2.77. The number of carbonyl (C=O) groups is 1. The molecular weight excluding hydrogens is 252 g/mol. The van der Waals surface area contributed by atoms with Crippen LogP contribution in [0.1, 0.15) is 36.2 Å². The maximum absolute atomic E-state index is 11.0. The molecule has 1 aliphatic heterocycles. The molecule has 4 heteroatoms. The van der Waals surface area contributed by atoms with Crippen LogP contribution in [-0.2, 0) is 0 Å². The second-order valence-corrected chi connectivity index (χ2v) is 5.96. The predicted molar refractivity (Wildman–Crippen MR) is 81.4 cm³/mol. The molecule has 0 spiro atoms. The van der Waals surface area contributed by atoms with Crippen LogP contribution >= 0.6 is 0 Å². The zero-order chi connectivity index (χ0) is 14.7. The Bertz CT molecular complexity index is 485. The van der Waals surface area contributed by atoms with Gasteiger partial charge in [0.15, 0.2) is 0 Å². The summed E-state index contributed by atoms with van der Waals surface area (Å²) in [7, 11) is 0. The summed E-state index contributed by atoms with van der Waals surface area (Å²) in [5.74, 6) is -0.186. The molecule has 20 heavy (non-hydrogen) atoms. The molecule has 0 amide bonds. The van der Waals surface area contributed by atoms with Crippen LogP contribution in [0, 0.1) is 12.8 Å². The molecule has 110 valence electrons. The average Bonchev–Trinajstić information content (AvgIpc) is 2.85. The van der Waals surface area contributed by atoms with E-state index in [0.717, 1.165) is 24.3 Å². The van der Waals surface area contributed by atoms with Crippen molar-refractivity contribution in [1.29, 1.82) is 0 Å². The first-order chi connectivity index (χ1) is 9.47. The quantitative estimate of drug-likeness (QED) is 0.868. The van der Waals surface area contributed by atoms with Crippen LogP contribution < -0.4 is 5.32 Å². The number of likely N-dealkylation sites (tertiary alicyclic amines) is 1. The van der Waals surface area contributed by atoms with E-state index in [1.54, 1.807) is 6.07 Å². The summed E-state index contributed by atoms with van der Waals surface area (Å²) in [6.07, 6.45) is 1.23. The Hall–Kier alpha value is -1.55. The van der Waals surface area contributed by atoms with E-state index in [1.807, 2.05) is 19.1 Å². The first-order valence-electron chi connectivity index (χ1n) is 7.29. The SMILES string of the molecule is Cc1cc(NCC2CCN(C(C)C)C2)ccc1C(=O)O. The van der Waals surface area contributed by atoms with Gasteiger partial charge in [-0.3, -0.25) is 0 Å². The number of nitrogens with one attached hydrogen (secondary N) is 1. The Labute approximate surface area is 120 Å². The number of carboxylic acid groups (broad SMARTS) is 1. The van der Waals surface area contributed by atoms with Gasteiger partial charge in [-0.1, -0.05) is 0 Å². The molecule has 0 bridgehead atoms. The molecule has 1 aromatic rings. The van der Waals surface area contributed by atoms with E-state index < -0.39 is 5.97 Å². The van der Waals surface area contributed by atoms with Crippen molar-refractivity contribution in [2.45, 2.75) is 33.2 Å². The minimum Gasteiger partial charge on any atom is -0.478 e. The van der Waals surface area contributed by atoms with Gasteiger partial charge in [0.05, 0.1) is 5.56 Å². The second-order valence-electron chi connectivity index (χ2n) is 5.96. The van der Waals surface area contributed by atoms with Crippen LogP contribution in [0.4, 0.5) is 5.69 Å². The van der Waals surface area contributed by atoms with E-state index in [2.05, 4.69) is 24.1 Å². The smallest absolute Gasteiger partial charge is 0.335 e. The van der Waals surface area contributed by atoms with Crippen LogP contribution in [0.15, 0.2) is 18.2 Å². The fourth-order valence-electron chi connectivity index (χ4n) is 2.77. The van der Waals surface area contributed by atoms with Gasteiger partial charge in [-0.15, -0.1) is 0 Å². The molecule has 1 fully saturated rings. The largest absolute Gasteiger partial charge is 0.478 e. The Morgan fingerprint density at radius 1 is 1.50 bits per heavy atom. The van der Waals surface area contributed by atoms with Gasteiger partial charge in [-0.05, 0) is 63.4 Å². The molecule has 1 unspecified atom stereocenters. The number of nitrogens with zero attached hydrogens (tertiary/aromatic N) is 1. The van der Waals surface area contributed by atoms with Crippen molar-refractivity contribution in [1.82, 2.24) is 4.90 Å². The Balaban J connectivity index is 1.89. The highest BCUT2D eigenvalue weighted by molar-refractivity contribution is 5.89. The summed E-state index contributed by atoms with van der Waals surface area (Å²) in [5, 5.41) is 12.4. The molecular formula is C16H24N2O2. The summed E-state index contributed by atoms with van der Waals surface area (Å²) in [6.45, 7) is 9.60. The van der Waals surface area contributed by atoms with Crippen LogP contribution in [0.3, 0.4) is 0 Å². The number of rotatable bonds is 5. The van der Waals surface area contributed by atoms with Gasteiger partial charge >= 0.3 is 5.97 Å². The highest BCUT2D eigenvalue weighted by atomic mass is 16.4. The molecule has 2 rings (SSSR count). The summed E-state index contributed by atoms with van der Waals surface area (Å²) >= 11 is 0. The van der Waals surface area contributed by atoms with E-state index in [9.17, 15) is 4.79 Å². The molecule has 2 N–H and O–H groups in total. The molecule has 1 heterocycles. The van der Waals surface area contributed by atoms with Gasteiger partial charge in [-0.2, -0.15) is 0 Å². The first-order valence-corrected chi connectivity index (χ1v) is 7.29. The summed E-state index contributed by atoms with van der Waals surface area (Å²) in [6, 6.07) is 6.07. The lowest BCUT2D eigenvalue weighted by atomic mass is 10.1. The molecule has 0 aromatic heterocycles. The molecule has 1 saturated heterocycles. The van der Waals surface area contributed by atoms with Crippen molar-refractivity contribution < 1.29 is 9.90 Å². The van der Waals surface area contributed by atoms with Crippen molar-refractivity contribution in [2.75, 3.05) is 25.0 Å². The summed E-state index contributed by atoms with van der Waals surface area (Å²) < 4.78 is 0. The normalized spacial score (nSPS) is 19.5. The van der Waals surface area contributed by atoms with Crippen LogP contribution in [0.5, 0.6) is 0 Å². The molecule has 1 atom stereocenters. The number of benzene rings is 1. The van der Waals surface area contributed by atoms with Crippen molar-refractivity contribution in [3.8, 4) is 0 Å². The van der Waals surface area contributed by atoms with Crippen molar-refractivity contribution in [3.63, 3.8) is 0 Å². The predicted octanol–water partition coefficient (Wildman–Crippen LogP) is 2.84. The van der Waals surface area contributed by atoms with Gasteiger partial charge in [0.25, 0.3) is 0 Å². The van der Waals surface area contributed by atoms with Crippen LogP contribution in [0.25, 0.3) is 0 Å². The van der Waals surface area contributed by atoms with Crippen LogP contribution in [0.2, 0.25) is 0 Å². The van der Waals surface area contributed by atoms with Gasteiger partial charge in [0.2, 0.25) is 0 Å². The zero-order valence-electron chi connectivity index (χ0n) is 12.5. The second kappa shape index (κ2) is 6.27. The highest BCUT2D eigenvalue weighted by Crippen LogP contribution is 2.20. The maximum atomic E-state index is 11.0. The molecule has 0 aliphatic carbocycles. The van der Waals surface area contributed by atoms with Crippen molar-refractivity contribution in [3.05, 3.63) is 29.3 Å². The minimum absolute atomic E-state index is 0.377. The Morgan fingerprint density at radius 3 is 2.80 bits per heavy atom. The number of carboxylic acids is 1. The number of aryl methyl sites for hydroxylation is 1. The van der Waals surface area contributed by atoms with Gasteiger partial charge in [0.1, 0.15) is 0 Å². The van der Waals surface area contributed by atoms with Gasteiger partial charge < -0.3 is 15.3 Å². The Kier molecular flexibility index (Phi) is 4.65. The van der Waals surface area contributed by atoms with Crippen LogP contribution in [-0.4, -0.2) is 41.7 Å². The molecule has 4 nitrogen and oxygen atoms in total. The van der Waals surface area contributed by atoms with Crippen molar-refractivity contribution in [2.24, 2.45) is 5.92 Å². The first kappa shape index (κ1) is 14.9. The fraction of sp³-hybridized carbons (Fsp3) is 0.562. The van der Waals surface area contributed by atoms with Gasteiger partial charge in [0, 0.05) is 24.8 Å². The lowest BCUT2D eigenvalue weighted by Crippen LogP contribution is -2.29. The number of hydrogen-bond donors (Lipinski definition) is 2. The number of hydrogen-bond acceptors (Lipinski definition) is 3. The molecule has 0 radical (unpaired) electrons. The summed E-state index contributed by atoms with van der Waals surface area (Å²) in [4.78, 5) is 13.5. The third kappa shape index (κ3) is 3.51. The third-order valence-electron chi connectivity index (χ3n) is 4.10. The third-order valence-corrected chi connectivity index (χ3v) is 4.10. The highest BCUT2D eigenvalue weighted by Gasteiger charge is 2.23. The van der Waals surface area contributed by atoms with E-state index in [1.165, 1.54) is 13.0 Å². The number of anilines is 1. The number of aromatic carboxylic acids is 1. The zero-order valence-corrected chi connectivity index (χ0v) is 12.5. The van der Waals surface area contributed by atoms with E-state index >= 15 is 0 Å². The van der Waals surface area contributed by atoms with Crippen molar-refractivity contribution >= 4 is 11.7 Å². The Morgan fingerprint density at radius 2 is 2.25 bits per heavy atom. The van der Waals surface area contributed by atoms with E-state index in [-0.39, 0.29) is 0 Å². The molecule has 0 saturated carbocycles. The standard InChI is InChI=1S/C16H24N2O2/c1-11(2)18-7-6-13(10-18)9-17-14-4-5-15(16(19)20)12(3)8-14/h4-5,8,11,13,17H,6-7,9-10H2,1-3H3,(H,19,20). The summed E-state index contributed by atoms with van der Waals surface area (Å²) in [5.41, 5.74) is 2.19. The van der Waals surface area contributed by atoms with E-state index in [4.69, 9.17) is 5.11 Å². The lowest BCUT2D eigenvalue weighted by molar-refractivity contribution is 0.0696.